The normalized spacial score (nSPS) is 20.1. The van der Waals surface area contributed by atoms with Gasteiger partial charge in [0.2, 0.25) is 0 Å². The van der Waals surface area contributed by atoms with Gasteiger partial charge in [-0.1, -0.05) is 6.07 Å². The Bertz CT molecular complexity index is 396. The molecule has 0 saturated carbocycles. The summed E-state index contributed by atoms with van der Waals surface area (Å²) >= 11 is 0. The van der Waals surface area contributed by atoms with Crippen molar-refractivity contribution >= 4 is 0 Å². The first-order chi connectivity index (χ1) is 7.96. The van der Waals surface area contributed by atoms with E-state index in [0.29, 0.717) is 0 Å². The van der Waals surface area contributed by atoms with Crippen LogP contribution in [0.5, 0.6) is 0 Å². The molecule has 1 aliphatic heterocycles. The molecule has 0 fully saturated rings. The molecule has 1 heterocycles. The first kappa shape index (κ1) is 12.5. The summed E-state index contributed by atoms with van der Waals surface area (Å²) in [4.78, 5) is 0. The van der Waals surface area contributed by atoms with Gasteiger partial charge in [0.25, 0.3) is 0 Å². The molecule has 0 radical (unpaired) electrons. The first-order valence-corrected chi connectivity index (χ1v) is 6.22. The van der Waals surface area contributed by atoms with E-state index in [0.717, 1.165) is 25.1 Å². The van der Waals surface area contributed by atoms with E-state index in [-0.39, 0.29) is 17.4 Å². The summed E-state index contributed by atoms with van der Waals surface area (Å²) in [5.74, 6) is -0.145. The molecule has 0 bridgehead atoms. The lowest BCUT2D eigenvalue weighted by Gasteiger charge is -2.30. The molecular formula is C14H21FN2. The van der Waals surface area contributed by atoms with Crippen molar-refractivity contribution < 1.29 is 4.39 Å². The molecule has 0 saturated heterocycles. The monoisotopic (exact) mass is 236 g/mol. The Hall–Kier alpha value is -0.930. The lowest BCUT2D eigenvalue weighted by Crippen LogP contribution is -2.43. The van der Waals surface area contributed by atoms with Crippen LogP contribution in [0.1, 0.15) is 37.9 Å². The highest BCUT2D eigenvalue weighted by Gasteiger charge is 2.21. The molecule has 0 aromatic heterocycles. The van der Waals surface area contributed by atoms with Gasteiger partial charge in [-0.15, -0.1) is 0 Å². The van der Waals surface area contributed by atoms with Gasteiger partial charge in [-0.05, 0) is 57.0 Å². The van der Waals surface area contributed by atoms with Crippen molar-refractivity contribution in [3.8, 4) is 0 Å². The van der Waals surface area contributed by atoms with E-state index in [2.05, 4.69) is 31.4 Å². The maximum atomic E-state index is 13.3. The second kappa shape index (κ2) is 4.75. The number of hydrogen-bond donors (Lipinski definition) is 2. The number of hydrogen-bond acceptors (Lipinski definition) is 2. The fourth-order valence-corrected chi connectivity index (χ4v) is 2.20. The maximum Gasteiger partial charge on any atom is 0.123 e. The molecule has 2 nitrogen and oxygen atoms in total. The molecule has 3 heteroatoms. The predicted octanol–water partition coefficient (Wildman–Crippen LogP) is 2.40. The maximum absolute atomic E-state index is 13.3. The molecule has 1 aromatic carbocycles. The predicted molar refractivity (Wildman–Crippen MR) is 68.6 cm³/mol. The van der Waals surface area contributed by atoms with Crippen LogP contribution in [-0.2, 0) is 6.42 Å². The second-order valence-electron chi connectivity index (χ2n) is 5.73. The summed E-state index contributed by atoms with van der Waals surface area (Å²) in [7, 11) is 0. The van der Waals surface area contributed by atoms with Gasteiger partial charge in [0.05, 0.1) is 0 Å². The Labute approximate surface area is 103 Å². The molecule has 0 aliphatic carbocycles. The molecule has 94 valence electrons. The van der Waals surface area contributed by atoms with Gasteiger partial charge < -0.3 is 10.6 Å². The number of benzene rings is 1. The zero-order valence-electron chi connectivity index (χ0n) is 10.8. The molecule has 1 aromatic rings. The second-order valence-corrected chi connectivity index (χ2v) is 5.73. The van der Waals surface area contributed by atoms with Crippen LogP contribution in [0.25, 0.3) is 0 Å². The van der Waals surface area contributed by atoms with Crippen molar-refractivity contribution in [1.82, 2.24) is 10.6 Å². The van der Waals surface area contributed by atoms with E-state index in [9.17, 15) is 4.39 Å². The molecule has 2 N–H and O–H groups in total. The third-order valence-electron chi connectivity index (χ3n) is 3.10. The quantitative estimate of drug-likeness (QED) is 0.824. The molecule has 1 atom stereocenters. The van der Waals surface area contributed by atoms with E-state index in [4.69, 9.17) is 0 Å². The average Bonchev–Trinajstić information content (AvgIpc) is 2.25. The first-order valence-electron chi connectivity index (χ1n) is 6.22. The summed E-state index contributed by atoms with van der Waals surface area (Å²) in [5.41, 5.74) is 2.46. The van der Waals surface area contributed by atoms with Crippen LogP contribution in [0.3, 0.4) is 0 Å². The van der Waals surface area contributed by atoms with Crippen LogP contribution in [-0.4, -0.2) is 18.6 Å². The highest BCUT2D eigenvalue weighted by molar-refractivity contribution is 5.33. The summed E-state index contributed by atoms with van der Waals surface area (Å²) < 4.78 is 13.3. The van der Waals surface area contributed by atoms with Crippen molar-refractivity contribution in [2.24, 2.45) is 0 Å². The Morgan fingerprint density at radius 3 is 2.88 bits per heavy atom. The molecule has 1 aliphatic rings. The minimum absolute atomic E-state index is 0.0899. The molecule has 2 rings (SSSR count). The van der Waals surface area contributed by atoms with Gasteiger partial charge in [-0.3, -0.25) is 0 Å². The number of fused-ring (bicyclic) bond motifs is 1. The van der Waals surface area contributed by atoms with Crippen molar-refractivity contribution in [2.75, 3.05) is 13.1 Å². The van der Waals surface area contributed by atoms with E-state index in [1.165, 1.54) is 5.56 Å². The highest BCUT2D eigenvalue weighted by Crippen LogP contribution is 2.23. The third-order valence-corrected chi connectivity index (χ3v) is 3.10. The smallest absolute Gasteiger partial charge is 0.123 e. The van der Waals surface area contributed by atoms with Crippen molar-refractivity contribution in [3.63, 3.8) is 0 Å². The van der Waals surface area contributed by atoms with Gasteiger partial charge in [-0.2, -0.15) is 0 Å². The van der Waals surface area contributed by atoms with Gasteiger partial charge in [0, 0.05) is 18.1 Å². The molecule has 0 amide bonds. The molecule has 0 spiro atoms. The SMILES string of the molecule is CC(C)(C)NCC1NCCc2ccc(F)cc21. The average molecular weight is 236 g/mol. The largest absolute Gasteiger partial charge is 0.310 e. The van der Waals surface area contributed by atoms with Gasteiger partial charge in [-0.25, -0.2) is 4.39 Å². The van der Waals surface area contributed by atoms with Crippen molar-refractivity contribution in [1.29, 1.82) is 0 Å². The van der Waals surface area contributed by atoms with E-state index < -0.39 is 0 Å². The minimum atomic E-state index is -0.145. The van der Waals surface area contributed by atoms with Crippen molar-refractivity contribution in [2.45, 2.75) is 38.8 Å². The molecule has 1 unspecified atom stereocenters. The van der Waals surface area contributed by atoms with Crippen LogP contribution >= 0.6 is 0 Å². The van der Waals surface area contributed by atoms with Crippen LogP contribution in [0.15, 0.2) is 18.2 Å². The third kappa shape index (κ3) is 3.27. The van der Waals surface area contributed by atoms with E-state index in [1.54, 1.807) is 12.1 Å². The Balaban J connectivity index is 2.14. The Morgan fingerprint density at radius 1 is 1.41 bits per heavy atom. The van der Waals surface area contributed by atoms with E-state index >= 15 is 0 Å². The summed E-state index contributed by atoms with van der Waals surface area (Å²) in [6.45, 7) is 8.22. The van der Waals surface area contributed by atoms with Gasteiger partial charge >= 0.3 is 0 Å². The number of halogens is 1. The summed E-state index contributed by atoms with van der Waals surface area (Å²) in [6.07, 6.45) is 0.988. The molecule has 17 heavy (non-hydrogen) atoms. The highest BCUT2D eigenvalue weighted by atomic mass is 19.1. The summed E-state index contributed by atoms with van der Waals surface area (Å²) in [6, 6.07) is 5.35. The van der Waals surface area contributed by atoms with Crippen LogP contribution in [0.2, 0.25) is 0 Å². The lowest BCUT2D eigenvalue weighted by molar-refractivity contribution is 0.374. The van der Waals surface area contributed by atoms with Crippen LogP contribution in [0.4, 0.5) is 4.39 Å². The fraction of sp³-hybridized carbons (Fsp3) is 0.571. The van der Waals surface area contributed by atoms with Crippen LogP contribution < -0.4 is 10.6 Å². The fourth-order valence-electron chi connectivity index (χ4n) is 2.20. The zero-order chi connectivity index (χ0) is 12.5. The topological polar surface area (TPSA) is 24.1 Å². The zero-order valence-corrected chi connectivity index (χ0v) is 10.8. The standard InChI is InChI=1S/C14H21FN2/c1-14(2,3)17-9-13-12-8-11(15)5-4-10(12)6-7-16-13/h4-5,8,13,16-17H,6-7,9H2,1-3H3. The van der Waals surface area contributed by atoms with Gasteiger partial charge in [0.1, 0.15) is 5.82 Å². The Kier molecular flexibility index (Phi) is 3.50. The van der Waals surface area contributed by atoms with E-state index in [1.807, 2.05) is 6.07 Å². The summed E-state index contributed by atoms with van der Waals surface area (Å²) in [5, 5.41) is 6.91. The van der Waals surface area contributed by atoms with Gasteiger partial charge in [0.15, 0.2) is 0 Å². The number of nitrogens with one attached hydrogen (secondary N) is 2. The van der Waals surface area contributed by atoms with Crippen LogP contribution in [0, 0.1) is 5.82 Å². The lowest BCUT2D eigenvalue weighted by atomic mass is 9.93. The Morgan fingerprint density at radius 2 is 2.18 bits per heavy atom. The number of rotatable bonds is 2. The molecular weight excluding hydrogens is 215 g/mol. The minimum Gasteiger partial charge on any atom is -0.310 e. The van der Waals surface area contributed by atoms with Crippen molar-refractivity contribution in [3.05, 3.63) is 35.1 Å².